The van der Waals surface area contributed by atoms with Crippen molar-refractivity contribution < 1.29 is 0 Å². The summed E-state index contributed by atoms with van der Waals surface area (Å²) in [6.07, 6.45) is 1.78. The molecule has 2 aromatic rings. The van der Waals surface area contributed by atoms with Crippen LogP contribution in [-0.2, 0) is 6.42 Å². The fraction of sp³-hybridized carbons (Fsp3) is 0.286. The quantitative estimate of drug-likeness (QED) is 0.849. The smallest absolute Gasteiger partial charge is 0.256 e. The van der Waals surface area contributed by atoms with E-state index in [0.717, 1.165) is 46.4 Å². The molecule has 0 saturated carbocycles. The number of H-pyrrole nitrogens is 1. The van der Waals surface area contributed by atoms with Gasteiger partial charge < -0.3 is 10.3 Å². The van der Waals surface area contributed by atoms with Gasteiger partial charge in [-0.05, 0) is 43.5 Å². The lowest BCUT2D eigenvalue weighted by molar-refractivity contribution is 0.800. The molecular weight excluding hydrogens is 306 g/mol. The Balaban J connectivity index is 2.15. The van der Waals surface area contributed by atoms with Crippen molar-refractivity contribution >= 4 is 21.7 Å². The number of aryl methyl sites for hydroxylation is 1. The fourth-order valence-electron chi connectivity index (χ4n) is 2.37. The topological polar surface area (TPSA) is 57.8 Å². The van der Waals surface area contributed by atoms with E-state index in [1.807, 2.05) is 25.1 Å². The van der Waals surface area contributed by atoms with Gasteiger partial charge in [0.1, 0.15) is 11.6 Å². The van der Waals surface area contributed by atoms with Gasteiger partial charge in [-0.2, -0.15) is 0 Å². The van der Waals surface area contributed by atoms with Crippen LogP contribution in [0, 0.1) is 6.92 Å². The average Bonchev–Trinajstić information content (AvgIpc) is 2.38. The van der Waals surface area contributed by atoms with Crippen LogP contribution < -0.4 is 10.9 Å². The van der Waals surface area contributed by atoms with Crippen molar-refractivity contribution in [2.75, 3.05) is 11.9 Å². The van der Waals surface area contributed by atoms with Crippen LogP contribution in [0.25, 0.3) is 11.4 Å². The SMILES string of the molecule is Cc1cc(Br)ccc1-c1nc2c(c(=O)[nH]1)CCCN2. The molecule has 1 aromatic carbocycles. The molecule has 98 valence electrons. The highest BCUT2D eigenvalue weighted by Gasteiger charge is 2.16. The predicted octanol–water partition coefficient (Wildman–Crippen LogP) is 2.87. The van der Waals surface area contributed by atoms with Crippen LogP contribution in [0.15, 0.2) is 27.5 Å². The van der Waals surface area contributed by atoms with Gasteiger partial charge in [-0.15, -0.1) is 0 Å². The van der Waals surface area contributed by atoms with E-state index in [9.17, 15) is 4.79 Å². The average molecular weight is 320 g/mol. The lowest BCUT2D eigenvalue weighted by Crippen LogP contribution is -2.24. The molecule has 0 aliphatic carbocycles. The minimum Gasteiger partial charge on any atom is -0.370 e. The number of nitrogens with zero attached hydrogens (tertiary/aromatic N) is 1. The zero-order chi connectivity index (χ0) is 13.4. The molecule has 4 nitrogen and oxygen atoms in total. The number of aromatic nitrogens is 2. The molecule has 0 spiro atoms. The van der Waals surface area contributed by atoms with Crippen molar-refractivity contribution in [1.29, 1.82) is 0 Å². The summed E-state index contributed by atoms with van der Waals surface area (Å²) in [5, 5.41) is 3.20. The fourth-order valence-corrected chi connectivity index (χ4v) is 2.84. The number of benzene rings is 1. The van der Waals surface area contributed by atoms with Gasteiger partial charge in [-0.1, -0.05) is 15.9 Å². The molecule has 19 heavy (non-hydrogen) atoms. The highest BCUT2D eigenvalue weighted by atomic mass is 79.9. The molecule has 1 aromatic heterocycles. The summed E-state index contributed by atoms with van der Waals surface area (Å²) >= 11 is 3.44. The second-order valence-corrected chi connectivity index (χ2v) is 5.65. The molecule has 5 heteroatoms. The summed E-state index contributed by atoms with van der Waals surface area (Å²) in [6, 6.07) is 5.93. The Hall–Kier alpha value is -1.62. The molecule has 2 heterocycles. The van der Waals surface area contributed by atoms with Crippen molar-refractivity contribution in [3.05, 3.63) is 44.2 Å². The number of aromatic amines is 1. The molecular formula is C14H14BrN3O. The summed E-state index contributed by atoms with van der Waals surface area (Å²) in [4.78, 5) is 19.5. The standard InChI is InChI=1S/C14H14BrN3O/c1-8-7-9(15)4-5-10(8)13-17-12-11(14(19)18-13)3-2-6-16-12/h4-5,7H,2-3,6H2,1H3,(H2,16,17,18,19). The molecule has 1 aliphatic heterocycles. The van der Waals surface area contributed by atoms with E-state index >= 15 is 0 Å². The first kappa shape index (κ1) is 12.4. The maximum absolute atomic E-state index is 12.1. The zero-order valence-corrected chi connectivity index (χ0v) is 12.2. The Bertz CT molecular complexity index is 694. The van der Waals surface area contributed by atoms with Crippen LogP contribution in [0.3, 0.4) is 0 Å². The molecule has 0 radical (unpaired) electrons. The van der Waals surface area contributed by atoms with E-state index in [0.29, 0.717) is 5.82 Å². The Kier molecular flexibility index (Phi) is 3.14. The highest BCUT2D eigenvalue weighted by Crippen LogP contribution is 2.25. The Morgan fingerprint density at radius 1 is 1.37 bits per heavy atom. The van der Waals surface area contributed by atoms with Crippen LogP contribution in [0.5, 0.6) is 0 Å². The van der Waals surface area contributed by atoms with E-state index in [1.165, 1.54) is 0 Å². The lowest BCUT2D eigenvalue weighted by Gasteiger charge is -2.17. The van der Waals surface area contributed by atoms with Gasteiger partial charge in [0, 0.05) is 16.6 Å². The van der Waals surface area contributed by atoms with Crippen molar-refractivity contribution in [3.63, 3.8) is 0 Å². The van der Waals surface area contributed by atoms with Crippen molar-refractivity contribution in [1.82, 2.24) is 9.97 Å². The van der Waals surface area contributed by atoms with Crippen LogP contribution in [-0.4, -0.2) is 16.5 Å². The molecule has 0 bridgehead atoms. The van der Waals surface area contributed by atoms with Crippen LogP contribution in [0.2, 0.25) is 0 Å². The number of rotatable bonds is 1. The van der Waals surface area contributed by atoms with Crippen LogP contribution in [0.1, 0.15) is 17.5 Å². The monoisotopic (exact) mass is 319 g/mol. The largest absolute Gasteiger partial charge is 0.370 e. The third-order valence-corrected chi connectivity index (χ3v) is 3.85. The first-order valence-corrected chi connectivity index (χ1v) is 7.08. The Labute approximate surface area is 119 Å². The number of hydrogen-bond donors (Lipinski definition) is 2. The first-order valence-electron chi connectivity index (χ1n) is 6.29. The molecule has 0 atom stereocenters. The number of hydrogen-bond acceptors (Lipinski definition) is 3. The summed E-state index contributed by atoms with van der Waals surface area (Å²) in [6.45, 7) is 2.88. The molecule has 0 saturated heterocycles. The van der Waals surface area contributed by atoms with E-state index in [-0.39, 0.29) is 5.56 Å². The van der Waals surface area contributed by atoms with Gasteiger partial charge in [0.05, 0.1) is 5.56 Å². The third-order valence-electron chi connectivity index (χ3n) is 3.36. The molecule has 2 N–H and O–H groups in total. The van der Waals surface area contributed by atoms with Crippen LogP contribution in [0.4, 0.5) is 5.82 Å². The summed E-state index contributed by atoms with van der Waals surface area (Å²) in [5.74, 6) is 1.36. The van der Waals surface area contributed by atoms with E-state index in [4.69, 9.17) is 0 Å². The number of fused-ring (bicyclic) bond motifs is 1. The normalized spacial score (nSPS) is 13.8. The molecule has 0 amide bonds. The molecule has 1 aliphatic rings. The van der Waals surface area contributed by atoms with Gasteiger partial charge in [0.2, 0.25) is 0 Å². The van der Waals surface area contributed by atoms with Crippen LogP contribution >= 0.6 is 15.9 Å². The van der Waals surface area contributed by atoms with E-state index in [2.05, 4.69) is 31.2 Å². The summed E-state index contributed by atoms with van der Waals surface area (Å²) in [7, 11) is 0. The Morgan fingerprint density at radius 2 is 2.21 bits per heavy atom. The van der Waals surface area contributed by atoms with Gasteiger partial charge in [0.25, 0.3) is 5.56 Å². The number of halogens is 1. The summed E-state index contributed by atoms with van der Waals surface area (Å²) < 4.78 is 1.02. The van der Waals surface area contributed by atoms with Crippen molar-refractivity contribution in [3.8, 4) is 11.4 Å². The molecule has 0 fully saturated rings. The van der Waals surface area contributed by atoms with Gasteiger partial charge in [-0.25, -0.2) is 4.98 Å². The predicted molar refractivity (Wildman–Crippen MR) is 79.5 cm³/mol. The second-order valence-electron chi connectivity index (χ2n) is 4.73. The molecule has 0 unspecified atom stereocenters. The van der Waals surface area contributed by atoms with Gasteiger partial charge >= 0.3 is 0 Å². The lowest BCUT2D eigenvalue weighted by atomic mass is 10.1. The zero-order valence-electron chi connectivity index (χ0n) is 10.6. The van der Waals surface area contributed by atoms with Gasteiger partial charge in [-0.3, -0.25) is 4.79 Å². The third kappa shape index (κ3) is 2.30. The van der Waals surface area contributed by atoms with Gasteiger partial charge in [0.15, 0.2) is 0 Å². The van der Waals surface area contributed by atoms with E-state index in [1.54, 1.807) is 0 Å². The highest BCUT2D eigenvalue weighted by molar-refractivity contribution is 9.10. The molecule has 3 rings (SSSR count). The number of anilines is 1. The van der Waals surface area contributed by atoms with E-state index < -0.39 is 0 Å². The maximum Gasteiger partial charge on any atom is 0.256 e. The minimum absolute atomic E-state index is 0.0329. The second kappa shape index (κ2) is 4.81. The number of nitrogens with one attached hydrogen (secondary N) is 2. The maximum atomic E-state index is 12.1. The van der Waals surface area contributed by atoms with Crippen molar-refractivity contribution in [2.45, 2.75) is 19.8 Å². The minimum atomic E-state index is -0.0329. The Morgan fingerprint density at radius 3 is 3.00 bits per heavy atom. The first-order chi connectivity index (χ1) is 9.15. The summed E-state index contributed by atoms with van der Waals surface area (Å²) in [5.41, 5.74) is 2.77. The van der Waals surface area contributed by atoms with Crippen molar-refractivity contribution in [2.24, 2.45) is 0 Å².